The van der Waals surface area contributed by atoms with Gasteiger partial charge in [0.15, 0.2) is 0 Å². The number of amides is 2. The lowest BCUT2D eigenvalue weighted by molar-refractivity contribution is 0.245. The number of fused-ring (bicyclic) bond motifs is 1. The van der Waals surface area contributed by atoms with Crippen LogP contribution >= 0.6 is 0 Å². The third-order valence-electron chi connectivity index (χ3n) is 3.95. The van der Waals surface area contributed by atoms with Crippen molar-refractivity contribution in [3.63, 3.8) is 0 Å². The standard InChI is InChI=1S/C18H18FN5O2/c1-2-13(20-18(26)21-14-9-7-12(19)8-10-14)11-24-17(25)15-5-3-4-6-16(15)22-23-24/h3-10,13H,2,11H2,1H3,(H2,20,21,26). The molecule has 1 unspecified atom stereocenters. The number of halogens is 1. The van der Waals surface area contributed by atoms with Crippen LogP contribution in [0.25, 0.3) is 10.9 Å². The van der Waals surface area contributed by atoms with Crippen molar-refractivity contribution >= 4 is 22.6 Å². The van der Waals surface area contributed by atoms with Crippen LogP contribution in [0.5, 0.6) is 0 Å². The molecule has 7 nitrogen and oxygen atoms in total. The number of anilines is 1. The molecule has 0 radical (unpaired) electrons. The van der Waals surface area contributed by atoms with Crippen molar-refractivity contribution in [2.24, 2.45) is 0 Å². The van der Waals surface area contributed by atoms with Gasteiger partial charge in [-0.2, -0.15) is 0 Å². The molecule has 0 saturated carbocycles. The summed E-state index contributed by atoms with van der Waals surface area (Å²) in [6.45, 7) is 2.09. The average molecular weight is 355 g/mol. The van der Waals surface area contributed by atoms with Crippen molar-refractivity contribution in [2.45, 2.75) is 25.9 Å². The fourth-order valence-electron chi connectivity index (χ4n) is 2.51. The quantitative estimate of drug-likeness (QED) is 0.736. The smallest absolute Gasteiger partial charge is 0.319 e. The van der Waals surface area contributed by atoms with Gasteiger partial charge >= 0.3 is 6.03 Å². The average Bonchev–Trinajstić information content (AvgIpc) is 2.65. The van der Waals surface area contributed by atoms with Crippen LogP contribution in [0, 0.1) is 5.82 Å². The van der Waals surface area contributed by atoms with E-state index in [0.717, 1.165) is 0 Å². The second-order valence-corrected chi connectivity index (χ2v) is 5.80. The van der Waals surface area contributed by atoms with E-state index < -0.39 is 6.03 Å². The summed E-state index contributed by atoms with van der Waals surface area (Å²) in [5.74, 6) is -0.378. The van der Waals surface area contributed by atoms with Crippen molar-refractivity contribution in [1.82, 2.24) is 20.3 Å². The molecule has 2 amide bonds. The number of benzene rings is 2. The molecular formula is C18H18FN5O2. The zero-order valence-corrected chi connectivity index (χ0v) is 14.1. The molecule has 0 fully saturated rings. The fourth-order valence-corrected chi connectivity index (χ4v) is 2.51. The Labute approximate surface area is 148 Å². The van der Waals surface area contributed by atoms with Crippen molar-refractivity contribution < 1.29 is 9.18 Å². The van der Waals surface area contributed by atoms with E-state index in [1.165, 1.54) is 28.9 Å². The largest absolute Gasteiger partial charge is 0.333 e. The maximum Gasteiger partial charge on any atom is 0.319 e. The number of hydrogen-bond acceptors (Lipinski definition) is 4. The lowest BCUT2D eigenvalue weighted by Gasteiger charge is -2.18. The highest BCUT2D eigenvalue weighted by atomic mass is 19.1. The molecule has 3 aromatic rings. The molecule has 1 aromatic heterocycles. The van der Waals surface area contributed by atoms with Crippen LogP contribution in [-0.2, 0) is 6.54 Å². The number of carbonyl (C=O) groups excluding carboxylic acids is 1. The molecule has 0 aliphatic rings. The first-order chi connectivity index (χ1) is 12.6. The van der Waals surface area contributed by atoms with Gasteiger partial charge < -0.3 is 10.6 Å². The minimum atomic E-state index is -0.440. The predicted octanol–water partition coefficient (Wildman–Crippen LogP) is 2.53. The Bertz CT molecular complexity index is 971. The summed E-state index contributed by atoms with van der Waals surface area (Å²) in [6.07, 6.45) is 0.595. The molecule has 0 bridgehead atoms. The van der Waals surface area contributed by atoms with Gasteiger partial charge in [-0.25, -0.2) is 13.9 Å². The van der Waals surface area contributed by atoms with Gasteiger partial charge in [0.25, 0.3) is 5.56 Å². The minimum Gasteiger partial charge on any atom is -0.333 e. The molecule has 0 aliphatic heterocycles. The number of hydrogen-bond donors (Lipinski definition) is 2. The first-order valence-corrected chi connectivity index (χ1v) is 8.22. The topological polar surface area (TPSA) is 88.9 Å². The Morgan fingerprint density at radius 1 is 1.19 bits per heavy atom. The maximum atomic E-state index is 12.9. The van der Waals surface area contributed by atoms with Gasteiger partial charge in [0.05, 0.1) is 18.0 Å². The number of nitrogens with one attached hydrogen (secondary N) is 2. The molecule has 0 spiro atoms. The molecule has 134 valence electrons. The number of nitrogens with zero attached hydrogens (tertiary/aromatic N) is 3. The Balaban J connectivity index is 1.69. The SMILES string of the molecule is CCC(Cn1nnc2ccccc2c1=O)NC(=O)Nc1ccc(F)cc1. The molecular weight excluding hydrogens is 337 g/mol. The molecule has 1 atom stereocenters. The number of urea groups is 1. The number of carbonyl (C=O) groups is 1. The summed E-state index contributed by atoms with van der Waals surface area (Å²) in [4.78, 5) is 24.6. The van der Waals surface area contributed by atoms with Crippen molar-refractivity contribution in [2.75, 3.05) is 5.32 Å². The van der Waals surface area contributed by atoms with E-state index in [4.69, 9.17) is 0 Å². The van der Waals surface area contributed by atoms with Crippen LogP contribution in [0.15, 0.2) is 53.3 Å². The lowest BCUT2D eigenvalue weighted by Crippen LogP contribution is -2.42. The van der Waals surface area contributed by atoms with Crippen LogP contribution in [0.1, 0.15) is 13.3 Å². The van der Waals surface area contributed by atoms with Gasteiger partial charge in [0.1, 0.15) is 11.3 Å². The maximum absolute atomic E-state index is 12.9. The van der Waals surface area contributed by atoms with Crippen molar-refractivity contribution in [1.29, 1.82) is 0 Å². The summed E-state index contributed by atoms with van der Waals surface area (Å²) in [5.41, 5.74) is 0.750. The highest BCUT2D eigenvalue weighted by Gasteiger charge is 2.14. The molecule has 0 aliphatic carbocycles. The van der Waals surface area contributed by atoms with Crippen LogP contribution < -0.4 is 16.2 Å². The van der Waals surface area contributed by atoms with E-state index in [1.807, 2.05) is 6.92 Å². The van der Waals surface area contributed by atoms with Crippen molar-refractivity contribution in [3.8, 4) is 0 Å². The molecule has 2 aromatic carbocycles. The first kappa shape index (κ1) is 17.5. The van der Waals surface area contributed by atoms with Gasteiger partial charge in [-0.05, 0) is 42.8 Å². The zero-order chi connectivity index (χ0) is 18.5. The van der Waals surface area contributed by atoms with E-state index >= 15 is 0 Å². The molecule has 8 heteroatoms. The first-order valence-electron chi connectivity index (χ1n) is 8.22. The molecule has 1 heterocycles. The molecule has 2 N–H and O–H groups in total. The molecule has 26 heavy (non-hydrogen) atoms. The third kappa shape index (κ3) is 4.02. The molecule has 3 rings (SSSR count). The van der Waals surface area contributed by atoms with E-state index in [2.05, 4.69) is 20.9 Å². The highest BCUT2D eigenvalue weighted by molar-refractivity contribution is 5.89. The summed E-state index contributed by atoms with van der Waals surface area (Å²) < 4.78 is 14.2. The van der Waals surface area contributed by atoms with E-state index in [1.54, 1.807) is 24.3 Å². The second kappa shape index (κ2) is 7.73. The summed E-state index contributed by atoms with van der Waals surface area (Å²) in [7, 11) is 0. The minimum absolute atomic E-state index is 0.198. The van der Waals surface area contributed by atoms with Crippen LogP contribution in [0.3, 0.4) is 0 Å². The predicted molar refractivity (Wildman–Crippen MR) is 96.4 cm³/mol. The Kier molecular flexibility index (Phi) is 5.21. The van der Waals surface area contributed by atoms with Crippen molar-refractivity contribution in [3.05, 3.63) is 64.7 Å². The highest BCUT2D eigenvalue weighted by Crippen LogP contribution is 2.08. The monoisotopic (exact) mass is 355 g/mol. The van der Waals surface area contributed by atoms with Crippen LogP contribution in [-0.4, -0.2) is 27.1 Å². The Hall–Kier alpha value is -3.29. The summed E-state index contributed by atoms with van der Waals surface area (Å²) in [5, 5.41) is 13.9. The summed E-state index contributed by atoms with van der Waals surface area (Å²) >= 11 is 0. The number of rotatable bonds is 5. The Morgan fingerprint density at radius 3 is 2.65 bits per heavy atom. The fraction of sp³-hybridized carbons (Fsp3) is 0.222. The van der Waals surface area contributed by atoms with E-state index in [0.29, 0.717) is 23.0 Å². The summed E-state index contributed by atoms with van der Waals surface area (Å²) in [6, 6.07) is 11.7. The number of aromatic nitrogens is 3. The van der Waals surface area contributed by atoms with E-state index in [9.17, 15) is 14.0 Å². The van der Waals surface area contributed by atoms with Gasteiger partial charge in [-0.1, -0.05) is 24.3 Å². The van der Waals surface area contributed by atoms with Gasteiger partial charge in [0, 0.05) is 5.69 Å². The van der Waals surface area contributed by atoms with Crippen LogP contribution in [0.2, 0.25) is 0 Å². The molecule has 0 saturated heterocycles. The van der Waals surface area contributed by atoms with Gasteiger partial charge in [-0.15, -0.1) is 5.10 Å². The third-order valence-corrected chi connectivity index (χ3v) is 3.95. The Morgan fingerprint density at radius 2 is 1.92 bits per heavy atom. The zero-order valence-electron chi connectivity index (χ0n) is 14.1. The normalized spacial score (nSPS) is 11.9. The second-order valence-electron chi connectivity index (χ2n) is 5.80. The lowest BCUT2D eigenvalue weighted by atomic mass is 10.2. The van der Waals surface area contributed by atoms with Gasteiger partial charge in [0.2, 0.25) is 0 Å². The van der Waals surface area contributed by atoms with Crippen LogP contribution in [0.4, 0.5) is 14.9 Å². The van der Waals surface area contributed by atoms with E-state index in [-0.39, 0.29) is 24.0 Å². The van der Waals surface area contributed by atoms with Gasteiger partial charge in [-0.3, -0.25) is 4.79 Å².